The van der Waals surface area contributed by atoms with Crippen LogP contribution >= 0.6 is 0 Å². The molecule has 1 atom stereocenters. The first-order chi connectivity index (χ1) is 8.51. The first kappa shape index (κ1) is 15.8. The fourth-order valence-corrected chi connectivity index (χ4v) is 1.04. The fourth-order valence-electron chi connectivity index (χ4n) is 1.04. The molecule has 0 aromatic heterocycles. The van der Waals surface area contributed by atoms with Crippen molar-refractivity contribution in [3.8, 4) is 11.8 Å². The summed E-state index contributed by atoms with van der Waals surface area (Å²) < 4.78 is 4.39. The number of carbonyl (C=O) groups is 3. The predicted octanol–water partition coefficient (Wildman–Crippen LogP) is -0.285. The van der Waals surface area contributed by atoms with Gasteiger partial charge in [0.05, 0.1) is 13.7 Å². The second-order valence-electron chi connectivity index (χ2n) is 3.26. The van der Waals surface area contributed by atoms with Crippen LogP contribution in [0.2, 0.25) is 0 Å². The zero-order valence-corrected chi connectivity index (χ0v) is 10.3. The van der Waals surface area contributed by atoms with E-state index in [9.17, 15) is 14.4 Å². The van der Waals surface area contributed by atoms with Crippen LogP contribution in [0.15, 0.2) is 0 Å². The summed E-state index contributed by atoms with van der Waals surface area (Å²) in [5.41, 5.74) is 0. The molecule has 0 bridgehead atoms. The second-order valence-corrected chi connectivity index (χ2v) is 3.26. The molecule has 0 aromatic carbocycles. The zero-order valence-electron chi connectivity index (χ0n) is 10.3. The Balaban J connectivity index is 4.17. The molecule has 3 N–H and O–H groups in total. The summed E-state index contributed by atoms with van der Waals surface area (Å²) in [6, 6.07) is -1.78. The topological polar surface area (TPSA) is 105 Å². The third kappa shape index (κ3) is 7.11. The molecule has 7 nitrogen and oxygen atoms in total. The van der Waals surface area contributed by atoms with Gasteiger partial charge in [0, 0.05) is 6.42 Å². The van der Waals surface area contributed by atoms with Gasteiger partial charge in [0.25, 0.3) is 0 Å². The van der Waals surface area contributed by atoms with Crippen molar-refractivity contribution in [2.75, 3.05) is 13.7 Å². The van der Waals surface area contributed by atoms with Gasteiger partial charge in [-0.3, -0.25) is 4.79 Å². The minimum absolute atomic E-state index is 0.0329. The number of nitrogens with one attached hydrogen (secondary N) is 2. The number of rotatable bonds is 6. The van der Waals surface area contributed by atoms with Crippen LogP contribution in [0.5, 0.6) is 0 Å². The molecular weight excluding hydrogens is 240 g/mol. The van der Waals surface area contributed by atoms with Crippen LogP contribution in [0.25, 0.3) is 0 Å². The van der Waals surface area contributed by atoms with E-state index in [0.717, 1.165) is 0 Å². The van der Waals surface area contributed by atoms with Gasteiger partial charge in [0.2, 0.25) is 0 Å². The third-order valence-electron chi connectivity index (χ3n) is 1.98. The summed E-state index contributed by atoms with van der Waals surface area (Å²) >= 11 is 0. The zero-order chi connectivity index (χ0) is 14.0. The first-order valence-corrected chi connectivity index (χ1v) is 5.24. The van der Waals surface area contributed by atoms with Crippen LogP contribution < -0.4 is 10.6 Å². The fraction of sp³-hybridized carbons (Fsp3) is 0.545. The number of carboxylic acid groups (broad SMARTS) is 1. The summed E-state index contributed by atoms with van der Waals surface area (Å²) in [5, 5.41) is 13.5. The number of aliphatic carboxylic acids is 1. The van der Waals surface area contributed by atoms with Gasteiger partial charge in [0.15, 0.2) is 0 Å². The van der Waals surface area contributed by atoms with E-state index in [-0.39, 0.29) is 19.4 Å². The SMILES string of the molecule is CC#CCNC(=O)N[C@H](CCC(=O)OC)C(=O)O. The maximum absolute atomic E-state index is 11.3. The van der Waals surface area contributed by atoms with Gasteiger partial charge >= 0.3 is 18.0 Å². The summed E-state index contributed by atoms with van der Waals surface area (Å²) in [6.07, 6.45) is -0.114. The number of amides is 2. The highest BCUT2D eigenvalue weighted by Gasteiger charge is 2.20. The highest BCUT2D eigenvalue weighted by Crippen LogP contribution is 1.99. The van der Waals surface area contributed by atoms with Crippen molar-refractivity contribution in [3.63, 3.8) is 0 Å². The number of hydrogen-bond donors (Lipinski definition) is 3. The molecule has 0 aliphatic rings. The average molecular weight is 256 g/mol. The molecule has 100 valence electrons. The number of ether oxygens (including phenoxy) is 1. The van der Waals surface area contributed by atoms with Crippen molar-refractivity contribution >= 4 is 18.0 Å². The molecule has 0 unspecified atom stereocenters. The lowest BCUT2D eigenvalue weighted by Crippen LogP contribution is -2.46. The van der Waals surface area contributed by atoms with Gasteiger partial charge in [-0.1, -0.05) is 5.92 Å². The molecule has 2 amide bonds. The van der Waals surface area contributed by atoms with Crippen LogP contribution in [-0.2, 0) is 14.3 Å². The molecule has 0 saturated heterocycles. The van der Waals surface area contributed by atoms with Crippen molar-refractivity contribution < 1.29 is 24.2 Å². The highest BCUT2D eigenvalue weighted by atomic mass is 16.5. The molecule has 0 heterocycles. The number of carbonyl (C=O) groups excluding carboxylic acids is 2. The van der Waals surface area contributed by atoms with E-state index in [1.807, 2.05) is 0 Å². The standard InChI is InChI=1S/C11H16N2O5/c1-3-4-7-12-11(17)13-8(10(15)16)5-6-9(14)18-2/h8H,5-7H2,1-2H3,(H,15,16)(H2,12,13,17)/t8-/m1/s1. The summed E-state index contributed by atoms with van der Waals surface area (Å²) in [4.78, 5) is 33.0. The number of hydrogen-bond acceptors (Lipinski definition) is 4. The van der Waals surface area contributed by atoms with E-state index in [4.69, 9.17) is 5.11 Å². The van der Waals surface area contributed by atoms with Crippen LogP contribution in [-0.4, -0.2) is 42.8 Å². The van der Waals surface area contributed by atoms with E-state index < -0.39 is 24.0 Å². The van der Waals surface area contributed by atoms with E-state index in [1.54, 1.807) is 6.92 Å². The van der Waals surface area contributed by atoms with Gasteiger partial charge in [-0.25, -0.2) is 9.59 Å². The predicted molar refractivity (Wildman–Crippen MR) is 62.7 cm³/mol. The molecule has 0 aliphatic heterocycles. The Morgan fingerprint density at radius 1 is 1.39 bits per heavy atom. The molecule has 0 spiro atoms. The molecule has 0 saturated carbocycles. The normalized spacial score (nSPS) is 10.6. The minimum Gasteiger partial charge on any atom is -0.480 e. The molecule has 0 aliphatic carbocycles. The van der Waals surface area contributed by atoms with Gasteiger partial charge in [-0.15, -0.1) is 5.92 Å². The minimum atomic E-state index is -1.21. The third-order valence-corrected chi connectivity index (χ3v) is 1.98. The first-order valence-electron chi connectivity index (χ1n) is 5.24. The van der Waals surface area contributed by atoms with Gasteiger partial charge < -0.3 is 20.5 Å². The number of urea groups is 1. The van der Waals surface area contributed by atoms with E-state index >= 15 is 0 Å². The van der Waals surface area contributed by atoms with Gasteiger partial charge in [0.1, 0.15) is 6.04 Å². The van der Waals surface area contributed by atoms with Crippen LogP contribution in [0.4, 0.5) is 4.79 Å². The van der Waals surface area contributed by atoms with Gasteiger partial charge in [-0.05, 0) is 13.3 Å². The highest BCUT2D eigenvalue weighted by molar-refractivity contribution is 5.83. The average Bonchev–Trinajstić information content (AvgIpc) is 2.33. The lowest BCUT2D eigenvalue weighted by atomic mass is 10.1. The van der Waals surface area contributed by atoms with E-state index in [2.05, 4.69) is 27.2 Å². The van der Waals surface area contributed by atoms with E-state index in [1.165, 1.54) is 7.11 Å². The van der Waals surface area contributed by atoms with Crippen molar-refractivity contribution in [3.05, 3.63) is 0 Å². The molecule has 0 rings (SSSR count). The van der Waals surface area contributed by atoms with Gasteiger partial charge in [-0.2, -0.15) is 0 Å². The Labute approximate surface area is 105 Å². The Morgan fingerprint density at radius 3 is 2.56 bits per heavy atom. The van der Waals surface area contributed by atoms with Crippen molar-refractivity contribution in [1.29, 1.82) is 0 Å². The Hall–Kier alpha value is -2.23. The lowest BCUT2D eigenvalue weighted by Gasteiger charge is -2.13. The number of carboxylic acids is 1. The van der Waals surface area contributed by atoms with Crippen LogP contribution in [0.1, 0.15) is 19.8 Å². The van der Waals surface area contributed by atoms with Crippen LogP contribution in [0, 0.1) is 11.8 Å². The van der Waals surface area contributed by atoms with Crippen molar-refractivity contribution in [2.24, 2.45) is 0 Å². The smallest absolute Gasteiger partial charge is 0.326 e. The molecule has 0 radical (unpaired) electrons. The maximum Gasteiger partial charge on any atom is 0.326 e. The Morgan fingerprint density at radius 2 is 2.06 bits per heavy atom. The maximum atomic E-state index is 11.3. The van der Waals surface area contributed by atoms with Crippen LogP contribution in [0.3, 0.4) is 0 Å². The van der Waals surface area contributed by atoms with Crippen molar-refractivity contribution in [2.45, 2.75) is 25.8 Å². The Kier molecular flexibility index (Phi) is 7.77. The lowest BCUT2D eigenvalue weighted by molar-refractivity contribution is -0.142. The number of methoxy groups -OCH3 is 1. The summed E-state index contributed by atoms with van der Waals surface area (Å²) in [7, 11) is 1.21. The molecule has 7 heteroatoms. The van der Waals surface area contributed by atoms with E-state index in [0.29, 0.717) is 0 Å². The molecule has 18 heavy (non-hydrogen) atoms. The molecular formula is C11H16N2O5. The Bertz CT molecular complexity index is 369. The molecule has 0 aromatic rings. The summed E-state index contributed by atoms with van der Waals surface area (Å²) in [5.74, 6) is 3.43. The summed E-state index contributed by atoms with van der Waals surface area (Å²) in [6.45, 7) is 1.75. The number of esters is 1. The second kappa shape index (κ2) is 8.87. The van der Waals surface area contributed by atoms with Crippen molar-refractivity contribution in [1.82, 2.24) is 10.6 Å². The quantitative estimate of drug-likeness (QED) is 0.447. The molecule has 0 fully saturated rings. The largest absolute Gasteiger partial charge is 0.480 e. The monoisotopic (exact) mass is 256 g/mol.